The van der Waals surface area contributed by atoms with E-state index in [2.05, 4.69) is 4.90 Å². The van der Waals surface area contributed by atoms with Gasteiger partial charge < -0.3 is 5.11 Å². The number of nitrogens with zero attached hydrogens (tertiary/aromatic N) is 1. The van der Waals surface area contributed by atoms with Crippen LogP contribution in [0.2, 0.25) is 0 Å². The number of carboxylic acid groups (broad SMARTS) is 1. The van der Waals surface area contributed by atoms with Gasteiger partial charge in [0, 0.05) is 19.6 Å². The first-order chi connectivity index (χ1) is 9.51. The molecule has 108 valence electrons. The fraction of sp³-hybridized carbons (Fsp3) is 0.562. The number of carbonyl (C=O) groups is 1. The average Bonchev–Trinajstić information content (AvgIpc) is 2.91. The van der Waals surface area contributed by atoms with Gasteiger partial charge in [-0.3, -0.25) is 9.69 Å². The summed E-state index contributed by atoms with van der Waals surface area (Å²) in [5.41, 5.74) is 1.47. The van der Waals surface area contributed by atoms with Crippen LogP contribution in [0.1, 0.15) is 30.4 Å². The fourth-order valence-corrected chi connectivity index (χ4v) is 3.91. The molecule has 1 saturated heterocycles. The molecule has 1 aliphatic heterocycles. The number of halogens is 1. The number of hydrogen-bond acceptors (Lipinski definition) is 2. The van der Waals surface area contributed by atoms with Gasteiger partial charge >= 0.3 is 5.97 Å². The minimum atomic E-state index is -0.654. The van der Waals surface area contributed by atoms with Crippen LogP contribution in [0.5, 0.6) is 0 Å². The predicted octanol–water partition coefficient (Wildman–Crippen LogP) is 2.82. The van der Waals surface area contributed by atoms with Crippen molar-refractivity contribution in [2.45, 2.75) is 32.7 Å². The number of benzene rings is 1. The van der Waals surface area contributed by atoms with Gasteiger partial charge in [0.15, 0.2) is 0 Å². The van der Waals surface area contributed by atoms with Crippen molar-refractivity contribution in [2.24, 2.45) is 11.3 Å². The summed E-state index contributed by atoms with van der Waals surface area (Å²) in [6.45, 7) is 4.04. The third kappa shape index (κ3) is 2.12. The monoisotopic (exact) mass is 277 g/mol. The molecular formula is C16H20FNO2. The highest BCUT2D eigenvalue weighted by Crippen LogP contribution is 2.49. The lowest BCUT2D eigenvalue weighted by molar-refractivity contribution is -0.149. The average molecular weight is 277 g/mol. The van der Waals surface area contributed by atoms with Crippen molar-refractivity contribution in [3.63, 3.8) is 0 Å². The van der Waals surface area contributed by atoms with Gasteiger partial charge in [-0.05, 0) is 48.9 Å². The second-order valence-corrected chi connectivity index (χ2v) is 6.29. The van der Waals surface area contributed by atoms with Gasteiger partial charge in [-0.1, -0.05) is 12.5 Å². The molecule has 0 aromatic heterocycles. The maximum absolute atomic E-state index is 13.3. The van der Waals surface area contributed by atoms with E-state index in [0.29, 0.717) is 13.1 Å². The molecule has 0 unspecified atom stereocenters. The van der Waals surface area contributed by atoms with Crippen molar-refractivity contribution in [3.8, 4) is 0 Å². The third-order valence-corrected chi connectivity index (χ3v) is 5.07. The van der Waals surface area contributed by atoms with Crippen molar-refractivity contribution in [1.82, 2.24) is 4.90 Å². The van der Waals surface area contributed by atoms with Gasteiger partial charge in [0.05, 0.1) is 5.41 Å². The molecule has 3 rings (SSSR count). The Kier molecular flexibility index (Phi) is 3.28. The molecule has 0 spiro atoms. The SMILES string of the molecule is Cc1ccc(F)cc1CN1C[C@@H]2CCC[C@@]2(C(=O)O)C1. The summed E-state index contributed by atoms with van der Waals surface area (Å²) >= 11 is 0. The van der Waals surface area contributed by atoms with Gasteiger partial charge in [0.2, 0.25) is 0 Å². The number of hydrogen-bond donors (Lipinski definition) is 1. The molecule has 2 atom stereocenters. The van der Waals surface area contributed by atoms with Gasteiger partial charge in [-0.15, -0.1) is 0 Å². The normalized spacial score (nSPS) is 29.6. The number of fused-ring (bicyclic) bond motifs is 1. The molecule has 2 fully saturated rings. The van der Waals surface area contributed by atoms with Gasteiger partial charge in [0.1, 0.15) is 5.82 Å². The highest BCUT2D eigenvalue weighted by atomic mass is 19.1. The van der Waals surface area contributed by atoms with Crippen LogP contribution < -0.4 is 0 Å². The molecule has 0 amide bonds. The van der Waals surface area contributed by atoms with E-state index in [-0.39, 0.29) is 11.7 Å². The van der Waals surface area contributed by atoms with E-state index in [9.17, 15) is 14.3 Å². The van der Waals surface area contributed by atoms with Gasteiger partial charge in [-0.2, -0.15) is 0 Å². The van der Waals surface area contributed by atoms with Crippen LogP contribution in [0, 0.1) is 24.1 Å². The van der Waals surface area contributed by atoms with Crippen LogP contribution in [0.4, 0.5) is 4.39 Å². The fourth-order valence-electron chi connectivity index (χ4n) is 3.91. The van der Waals surface area contributed by atoms with Crippen molar-refractivity contribution < 1.29 is 14.3 Å². The zero-order valence-corrected chi connectivity index (χ0v) is 11.7. The topological polar surface area (TPSA) is 40.5 Å². The van der Waals surface area contributed by atoms with Gasteiger partial charge in [-0.25, -0.2) is 4.39 Å². The van der Waals surface area contributed by atoms with Crippen LogP contribution in [0.3, 0.4) is 0 Å². The number of likely N-dealkylation sites (tertiary alicyclic amines) is 1. The second kappa shape index (κ2) is 4.85. The summed E-state index contributed by atoms with van der Waals surface area (Å²) in [4.78, 5) is 13.8. The van der Waals surface area contributed by atoms with E-state index in [4.69, 9.17) is 0 Å². The molecule has 1 heterocycles. The Bertz CT molecular complexity index is 545. The molecule has 1 aromatic rings. The highest BCUT2D eigenvalue weighted by molar-refractivity contribution is 5.76. The Morgan fingerprint density at radius 2 is 2.35 bits per heavy atom. The number of rotatable bonds is 3. The van der Waals surface area contributed by atoms with Crippen LogP contribution in [-0.4, -0.2) is 29.1 Å². The van der Waals surface area contributed by atoms with E-state index in [0.717, 1.165) is 36.9 Å². The summed E-state index contributed by atoms with van der Waals surface area (Å²) in [6.07, 6.45) is 2.81. The molecule has 20 heavy (non-hydrogen) atoms. The Balaban J connectivity index is 1.78. The summed E-state index contributed by atoms with van der Waals surface area (Å²) in [6, 6.07) is 4.82. The van der Waals surface area contributed by atoms with E-state index in [1.165, 1.54) is 6.07 Å². The van der Waals surface area contributed by atoms with E-state index in [1.54, 1.807) is 12.1 Å². The Morgan fingerprint density at radius 1 is 1.55 bits per heavy atom. The van der Waals surface area contributed by atoms with Crippen LogP contribution in [-0.2, 0) is 11.3 Å². The van der Waals surface area contributed by atoms with Crippen LogP contribution in [0.15, 0.2) is 18.2 Å². The predicted molar refractivity (Wildman–Crippen MR) is 73.8 cm³/mol. The zero-order chi connectivity index (χ0) is 14.3. The molecule has 1 saturated carbocycles. The lowest BCUT2D eigenvalue weighted by Crippen LogP contribution is -2.35. The summed E-state index contributed by atoms with van der Waals surface area (Å²) in [7, 11) is 0. The van der Waals surface area contributed by atoms with Crippen molar-refractivity contribution in [1.29, 1.82) is 0 Å². The van der Waals surface area contributed by atoms with E-state index < -0.39 is 11.4 Å². The first-order valence-electron chi connectivity index (χ1n) is 7.22. The number of aliphatic carboxylic acids is 1. The largest absolute Gasteiger partial charge is 0.481 e. The van der Waals surface area contributed by atoms with Crippen LogP contribution in [0.25, 0.3) is 0 Å². The van der Waals surface area contributed by atoms with Gasteiger partial charge in [0.25, 0.3) is 0 Å². The Labute approximate surface area is 118 Å². The maximum atomic E-state index is 13.3. The standard InChI is InChI=1S/C16H20FNO2/c1-11-4-5-14(17)7-12(11)8-18-9-13-3-2-6-16(13,10-18)15(19)20/h4-5,7,13H,2-3,6,8-10H2,1H3,(H,19,20)/t13-,16+/m0/s1. The zero-order valence-electron chi connectivity index (χ0n) is 11.7. The molecular weight excluding hydrogens is 257 g/mol. The highest BCUT2D eigenvalue weighted by Gasteiger charge is 2.54. The molecule has 0 bridgehead atoms. The van der Waals surface area contributed by atoms with E-state index in [1.807, 2.05) is 6.92 Å². The van der Waals surface area contributed by atoms with Crippen molar-refractivity contribution in [2.75, 3.05) is 13.1 Å². The van der Waals surface area contributed by atoms with Crippen LogP contribution >= 0.6 is 0 Å². The summed E-state index contributed by atoms with van der Waals surface area (Å²) in [5.74, 6) is -0.620. The summed E-state index contributed by atoms with van der Waals surface area (Å²) in [5, 5.41) is 9.57. The van der Waals surface area contributed by atoms with Crippen molar-refractivity contribution in [3.05, 3.63) is 35.1 Å². The molecule has 4 heteroatoms. The minimum Gasteiger partial charge on any atom is -0.481 e. The third-order valence-electron chi connectivity index (χ3n) is 5.07. The molecule has 3 nitrogen and oxygen atoms in total. The number of aryl methyl sites for hydroxylation is 1. The summed E-state index contributed by atoms with van der Waals surface area (Å²) < 4.78 is 13.3. The van der Waals surface area contributed by atoms with E-state index >= 15 is 0 Å². The van der Waals surface area contributed by atoms with Crippen molar-refractivity contribution >= 4 is 5.97 Å². The molecule has 0 radical (unpaired) electrons. The second-order valence-electron chi connectivity index (χ2n) is 6.29. The molecule has 1 N–H and O–H groups in total. The maximum Gasteiger partial charge on any atom is 0.311 e. The first-order valence-corrected chi connectivity index (χ1v) is 7.22. The lowest BCUT2D eigenvalue weighted by Gasteiger charge is -2.23. The lowest BCUT2D eigenvalue weighted by atomic mass is 9.81. The Hall–Kier alpha value is -1.42. The first kappa shape index (κ1) is 13.6. The quantitative estimate of drug-likeness (QED) is 0.923. The number of carboxylic acids is 1. The minimum absolute atomic E-state index is 0.224. The molecule has 1 aliphatic carbocycles. The Morgan fingerprint density at radius 3 is 3.05 bits per heavy atom. The smallest absolute Gasteiger partial charge is 0.311 e. The molecule has 1 aromatic carbocycles. The molecule has 2 aliphatic rings.